The van der Waals surface area contributed by atoms with Crippen LogP contribution in [0.25, 0.3) is 11.1 Å². The van der Waals surface area contributed by atoms with Crippen LogP contribution in [0.2, 0.25) is 0 Å². The number of ether oxygens (including phenoxy) is 1. The van der Waals surface area contributed by atoms with E-state index in [2.05, 4.69) is 6.92 Å². The van der Waals surface area contributed by atoms with E-state index < -0.39 is 0 Å². The monoisotopic (exact) mass is 325 g/mol. The number of halogens is 1. The maximum atomic E-state index is 14.0. The number of hydrogen-bond acceptors (Lipinski definition) is 2. The van der Waals surface area contributed by atoms with Crippen molar-refractivity contribution in [3.05, 3.63) is 53.8 Å². The molecule has 2 aromatic rings. The number of nitriles is 1. The Kier molecular flexibility index (Phi) is 7.29. The van der Waals surface area contributed by atoms with E-state index in [4.69, 9.17) is 10.00 Å². The van der Waals surface area contributed by atoms with Gasteiger partial charge in [-0.1, -0.05) is 57.2 Å². The first-order chi connectivity index (χ1) is 11.7. The van der Waals surface area contributed by atoms with Crippen molar-refractivity contribution in [1.29, 1.82) is 5.26 Å². The Morgan fingerprint density at radius 2 is 1.67 bits per heavy atom. The van der Waals surface area contributed by atoms with Gasteiger partial charge in [-0.3, -0.25) is 0 Å². The fourth-order valence-electron chi connectivity index (χ4n) is 2.62. The third kappa shape index (κ3) is 5.38. The zero-order valence-corrected chi connectivity index (χ0v) is 14.2. The van der Waals surface area contributed by atoms with Gasteiger partial charge in [0.05, 0.1) is 18.2 Å². The van der Waals surface area contributed by atoms with Gasteiger partial charge in [0, 0.05) is 5.56 Å². The summed E-state index contributed by atoms with van der Waals surface area (Å²) in [5.41, 5.74) is 1.61. The second kappa shape index (κ2) is 9.72. The average Bonchev–Trinajstić information content (AvgIpc) is 2.61. The Morgan fingerprint density at radius 1 is 0.958 bits per heavy atom. The van der Waals surface area contributed by atoms with E-state index >= 15 is 0 Å². The van der Waals surface area contributed by atoms with Gasteiger partial charge in [0.15, 0.2) is 0 Å². The Morgan fingerprint density at radius 3 is 2.33 bits per heavy atom. The van der Waals surface area contributed by atoms with E-state index in [9.17, 15) is 4.39 Å². The predicted octanol–water partition coefficient (Wildman–Crippen LogP) is 6.10. The summed E-state index contributed by atoms with van der Waals surface area (Å²) in [7, 11) is 0. The van der Waals surface area contributed by atoms with Crippen LogP contribution in [0, 0.1) is 17.1 Å². The lowest BCUT2D eigenvalue weighted by atomic mass is 10.0. The van der Waals surface area contributed by atoms with E-state index in [-0.39, 0.29) is 5.82 Å². The van der Waals surface area contributed by atoms with Crippen molar-refractivity contribution in [2.24, 2.45) is 0 Å². The molecule has 0 heterocycles. The Labute approximate surface area is 143 Å². The van der Waals surface area contributed by atoms with Gasteiger partial charge in [0.1, 0.15) is 11.6 Å². The zero-order valence-electron chi connectivity index (χ0n) is 14.2. The molecule has 0 aromatic heterocycles. The van der Waals surface area contributed by atoms with Gasteiger partial charge in [-0.25, -0.2) is 4.39 Å². The molecule has 3 heteroatoms. The van der Waals surface area contributed by atoms with E-state index in [1.54, 1.807) is 12.1 Å². The molecule has 0 aliphatic heterocycles. The Bertz CT molecular complexity index is 673. The van der Waals surface area contributed by atoms with Crippen LogP contribution in [0.4, 0.5) is 4.39 Å². The molecule has 0 amide bonds. The van der Waals surface area contributed by atoms with Crippen molar-refractivity contribution in [2.75, 3.05) is 6.61 Å². The highest BCUT2D eigenvalue weighted by molar-refractivity contribution is 5.65. The first-order valence-corrected chi connectivity index (χ1v) is 8.67. The summed E-state index contributed by atoms with van der Waals surface area (Å²) < 4.78 is 19.8. The number of nitrogens with zero attached hydrogens (tertiary/aromatic N) is 1. The summed E-state index contributed by atoms with van der Waals surface area (Å²) >= 11 is 0. The molecule has 0 spiro atoms. The van der Waals surface area contributed by atoms with Crippen LogP contribution < -0.4 is 4.74 Å². The summed E-state index contributed by atoms with van der Waals surface area (Å²) in [5, 5.41) is 8.79. The number of benzene rings is 2. The van der Waals surface area contributed by atoms with Crippen LogP contribution >= 0.6 is 0 Å². The normalized spacial score (nSPS) is 10.4. The van der Waals surface area contributed by atoms with Crippen LogP contribution in [0.3, 0.4) is 0 Å². The maximum Gasteiger partial charge on any atom is 0.132 e. The predicted molar refractivity (Wildman–Crippen MR) is 95.4 cm³/mol. The molecule has 2 rings (SSSR count). The second-order valence-electron chi connectivity index (χ2n) is 5.95. The molecule has 0 radical (unpaired) electrons. The van der Waals surface area contributed by atoms with Gasteiger partial charge in [0.25, 0.3) is 0 Å². The summed E-state index contributed by atoms with van der Waals surface area (Å²) in [6.07, 6.45) is 7.43. The minimum atomic E-state index is -0.380. The van der Waals surface area contributed by atoms with Crippen molar-refractivity contribution in [1.82, 2.24) is 0 Å². The molecule has 0 saturated heterocycles. The largest absolute Gasteiger partial charge is 0.494 e. The average molecular weight is 325 g/mol. The van der Waals surface area contributed by atoms with Crippen LogP contribution in [-0.4, -0.2) is 6.61 Å². The minimum Gasteiger partial charge on any atom is -0.494 e. The molecule has 0 fully saturated rings. The molecule has 24 heavy (non-hydrogen) atoms. The first kappa shape index (κ1) is 18.0. The summed E-state index contributed by atoms with van der Waals surface area (Å²) in [5.74, 6) is 0.427. The van der Waals surface area contributed by atoms with Crippen LogP contribution in [0.1, 0.15) is 51.0 Å². The smallest absolute Gasteiger partial charge is 0.132 e. The van der Waals surface area contributed by atoms with E-state index in [0.29, 0.717) is 11.1 Å². The van der Waals surface area contributed by atoms with E-state index in [0.717, 1.165) is 24.3 Å². The van der Waals surface area contributed by atoms with Crippen molar-refractivity contribution in [3.63, 3.8) is 0 Å². The minimum absolute atomic E-state index is 0.329. The van der Waals surface area contributed by atoms with E-state index in [1.807, 2.05) is 30.3 Å². The van der Waals surface area contributed by atoms with Crippen LogP contribution in [0.5, 0.6) is 5.75 Å². The lowest BCUT2D eigenvalue weighted by Crippen LogP contribution is -1.97. The van der Waals surface area contributed by atoms with Crippen LogP contribution in [-0.2, 0) is 0 Å². The van der Waals surface area contributed by atoms with Crippen molar-refractivity contribution in [2.45, 2.75) is 45.4 Å². The summed E-state index contributed by atoms with van der Waals surface area (Å²) in [6.45, 7) is 2.94. The van der Waals surface area contributed by atoms with Gasteiger partial charge in [-0.2, -0.15) is 5.26 Å². The van der Waals surface area contributed by atoms with E-state index in [1.165, 1.54) is 38.2 Å². The molecule has 0 saturated carbocycles. The van der Waals surface area contributed by atoms with Gasteiger partial charge >= 0.3 is 0 Å². The van der Waals surface area contributed by atoms with Gasteiger partial charge in [0.2, 0.25) is 0 Å². The molecule has 0 unspecified atom stereocenters. The third-order valence-corrected chi connectivity index (χ3v) is 4.03. The fraction of sp³-hybridized carbons (Fsp3) is 0.381. The zero-order chi connectivity index (χ0) is 17.2. The summed E-state index contributed by atoms with van der Waals surface area (Å²) in [4.78, 5) is 0. The highest BCUT2D eigenvalue weighted by Crippen LogP contribution is 2.25. The maximum absolute atomic E-state index is 14.0. The lowest BCUT2D eigenvalue weighted by Gasteiger charge is -2.08. The SMILES string of the molecule is CCCCCCCCOc1ccc(-c2ccc(C#N)cc2F)cc1. The Balaban J connectivity index is 1.84. The van der Waals surface area contributed by atoms with Gasteiger partial charge < -0.3 is 4.74 Å². The quantitative estimate of drug-likeness (QED) is 0.522. The lowest BCUT2D eigenvalue weighted by molar-refractivity contribution is 0.304. The fourth-order valence-corrected chi connectivity index (χ4v) is 2.62. The standard InChI is InChI=1S/C21H24FNO/c1-2-3-4-5-6-7-14-24-19-11-9-18(10-12-19)20-13-8-17(16-23)15-21(20)22/h8-13,15H,2-7,14H2,1H3. The van der Waals surface area contributed by atoms with Crippen molar-refractivity contribution >= 4 is 0 Å². The second-order valence-corrected chi connectivity index (χ2v) is 5.95. The topological polar surface area (TPSA) is 33.0 Å². The molecule has 0 atom stereocenters. The molecule has 0 N–H and O–H groups in total. The number of rotatable bonds is 9. The van der Waals surface area contributed by atoms with Crippen molar-refractivity contribution < 1.29 is 9.13 Å². The van der Waals surface area contributed by atoms with Crippen molar-refractivity contribution in [3.8, 4) is 22.9 Å². The van der Waals surface area contributed by atoms with Gasteiger partial charge in [-0.05, 0) is 36.2 Å². The molecular formula is C21H24FNO. The molecule has 0 aliphatic rings. The van der Waals surface area contributed by atoms with Crippen LogP contribution in [0.15, 0.2) is 42.5 Å². The first-order valence-electron chi connectivity index (χ1n) is 8.67. The highest BCUT2D eigenvalue weighted by atomic mass is 19.1. The van der Waals surface area contributed by atoms with Gasteiger partial charge in [-0.15, -0.1) is 0 Å². The molecule has 126 valence electrons. The highest BCUT2D eigenvalue weighted by Gasteiger charge is 2.06. The molecule has 2 aromatic carbocycles. The molecule has 0 bridgehead atoms. The molecular weight excluding hydrogens is 301 g/mol. The third-order valence-electron chi connectivity index (χ3n) is 4.03. The molecule has 2 nitrogen and oxygen atoms in total. The molecule has 0 aliphatic carbocycles. The Hall–Kier alpha value is -2.34. The number of unbranched alkanes of at least 4 members (excludes halogenated alkanes) is 5. The number of hydrogen-bond donors (Lipinski definition) is 0. The summed E-state index contributed by atoms with van der Waals surface area (Å²) in [6, 6.07) is 13.9.